The van der Waals surface area contributed by atoms with Crippen molar-refractivity contribution in [2.45, 2.75) is 6.92 Å². The van der Waals surface area contributed by atoms with Gasteiger partial charge in [-0.25, -0.2) is 4.98 Å². The second kappa shape index (κ2) is 8.51. The number of benzene rings is 7. The molecule has 182 valence electrons. The summed E-state index contributed by atoms with van der Waals surface area (Å²) >= 11 is 0. The Labute approximate surface area is 227 Å². The van der Waals surface area contributed by atoms with E-state index in [4.69, 9.17) is 4.98 Å². The summed E-state index contributed by atoms with van der Waals surface area (Å²) in [4.78, 5) is 5.31. The molecule has 0 unspecified atom stereocenters. The van der Waals surface area contributed by atoms with Crippen molar-refractivity contribution in [3.05, 3.63) is 139 Å². The first kappa shape index (κ1) is 22.0. The van der Waals surface area contributed by atoms with Crippen molar-refractivity contribution < 1.29 is 0 Å². The molecule has 0 aliphatic carbocycles. The number of fused-ring (bicyclic) bond motifs is 9. The lowest BCUT2D eigenvalue weighted by Gasteiger charge is -2.16. The van der Waals surface area contributed by atoms with Crippen LogP contribution in [0.15, 0.2) is 133 Å². The van der Waals surface area contributed by atoms with Crippen LogP contribution in [0.2, 0.25) is 0 Å². The van der Waals surface area contributed by atoms with E-state index in [2.05, 4.69) is 140 Å². The fourth-order valence-corrected chi connectivity index (χ4v) is 6.15. The third-order valence-electron chi connectivity index (χ3n) is 8.07. The Morgan fingerprint density at radius 2 is 0.923 bits per heavy atom. The highest BCUT2D eigenvalue weighted by atomic mass is 14.7. The molecule has 1 nitrogen and oxygen atoms in total. The van der Waals surface area contributed by atoms with Gasteiger partial charge in [0.2, 0.25) is 0 Å². The second-order valence-corrected chi connectivity index (χ2v) is 10.5. The van der Waals surface area contributed by atoms with Crippen LogP contribution in [0, 0.1) is 6.92 Å². The molecule has 1 aromatic heterocycles. The molecule has 0 saturated carbocycles. The van der Waals surface area contributed by atoms with Crippen LogP contribution >= 0.6 is 0 Å². The van der Waals surface area contributed by atoms with Crippen LogP contribution in [0.25, 0.3) is 76.4 Å². The number of hydrogen-bond acceptors (Lipinski definition) is 1. The van der Waals surface area contributed by atoms with Gasteiger partial charge in [-0.2, -0.15) is 0 Å². The van der Waals surface area contributed by atoms with Crippen LogP contribution < -0.4 is 0 Å². The van der Waals surface area contributed by atoms with Gasteiger partial charge in [-0.3, -0.25) is 0 Å². The normalized spacial score (nSPS) is 11.7. The monoisotopic (exact) mass is 495 g/mol. The zero-order valence-electron chi connectivity index (χ0n) is 21.6. The minimum absolute atomic E-state index is 1.02. The van der Waals surface area contributed by atoms with Gasteiger partial charge in [0, 0.05) is 21.7 Å². The van der Waals surface area contributed by atoms with Crippen LogP contribution in [-0.2, 0) is 0 Å². The van der Waals surface area contributed by atoms with Crippen molar-refractivity contribution in [1.82, 2.24) is 4.98 Å². The largest absolute Gasteiger partial charge is 0.247 e. The number of aromatic nitrogens is 1. The molecule has 0 amide bonds. The van der Waals surface area contributed by atoms with Crippen LogP contribution in [0.1, 0.15) is 5.56 Å². The van der Waals surface area contributed by atoms with Crippen LogP contribution in [0.5, 0.6) is 0 Å². The number of para-hydroxylation sites is 1. The summed E-state index contributed by atoms with van der Waals surface area (Å²) in [7, 11) is 0. The summed E-state index contributed by atoms with van der Waals surface area (Å²) in [6, 6.07) is 48.4. The van der Waals surface area contributed by atoms with E-state index in [0.29, 0.717) is 0 Å². The van der Waals surface area contributed by atoms with E-state index in [1.807, 2.05) is 0 Å². The predicted octanol–water partition coefficient (Wildman–Crippen LogP) is 10.5. The highest BCUT2D eigenvalue weighted by Crippen LogP contribution is 2.43. The predicted molar refractivity (Wildman–Crippen MR) is 167 cm³/mol. The lowest BCUT2D eigenvalue weighted by molar-refractivity contribution is 1.44. The molecule has 0 N–H and O–H groups in total. The summed E-state index contributed by atoms with van der Waals surface area (Å²) in [5, 5.41) is 11.2. The summed E-state index contributed by atoms with van der Waals surface area (Å²) in [5.74, 6) is 0. The van der Waals surface area contributed by atoms with Gasteiger partial charge in [-0.15, -0.1) is 0 Å². The quantitative estimate of drug-likeness (QED) is 0.217. The van der Waals surface area contributed by atoms with Gasteiger partial charge in [0.1, 0.15) is 0 Å². The van der Waals surface area contributed by atoms with Gasteiger partial charge >= 0.3 is 0 Å². The van der Waals surface area contributed by atoms with Crippen LogP contribution in [-0.4, -0.2) is 4.98 Å². The van der Waals surface area contributed by atoms with Crippen molar-refractivity contribution >= 4 is 54.0 Å². The maximum atomic E-state index is 5.31. The molecule has 1 heteroatoms. The van der Waals surface area contributed by atoms with E-state index in [9.17, 15) is 0 Å². The summed E-state index contributed by atoms with van der Waals surface area (Å²) in [5.41, 5.74) is 6.96. The van der Waals surface area contributed by atoms with Crippen molar-refractivity contribution in [1.29, 1.82) is 0 Å². The topological polar surface area (TPSA) is 12.9 Å². The average molecular weight is 496 g/mol. The zero-order chi connectivity index (χ0) is 25.9. The number of rotatable bonds is 2. The minimum atomic E-state index is 1.02. The molecule has 0 aliphatic rings. The number of aryl methyl sites for hydroxylation is 1. The molecule has 0 saturated heterocycles. The molecule has 1 heterocycles. The maximum absolute atomic E-state index is 5.31. The fourth-order valence-electron chi connectivity index (χ4n) is 6.15. The van der Waals surface area contributed by atoms with E-state index in [0.717, 1.165) is 16.8 Å². The lowest BCUT2D eigenvalue weighted by Crippen LogP contribution is -1.93. The molecule has 0 fully saturated rings. The van der Waals surface area contributed by atoms with Gasteiger partial charge < -0.3 is 0 Å². The molecular formula is C38H25N. The molecule has 39 heavy (non-hydrogen) atoms. The lowest BCUT2D eigenvalue weighted by atomic mass is 9.89. The van der Waals surface area contributed by atoms with Gasteiger partial charge in [-0.1, -0.05) is 121 Å². The SMILES string of the molecule is Cc1ccc(-c2ccc3cc(-c4nc5ccccc5c5c6ccccc6c6ccccc6c45)ccc3c2)cc1. The molecule has 8 aromatic rings. The minimum Gasteiger partial charge on any atom is -0.247 e. The Morgan fingerprint density at radius 1 is 0.410 bits per heavy atom. The van der Waals surface area contributed by atoms with Crippen molar-refractivity contribution in [2.24, 2.45) is 0 Å². The van der Waals surface area contributed by atoms with Crippen LogP contribution in [0.3, 0.4) is 0 Å². The number of hydrogen-bond donors (Lipinski definition) is 0. The fraction of sp³-hybridized carbons (Fsp3) is 0.0263. The van der Waals surface area contributed by atoms with Gasteiger partial charge in [-0.05, 0) is 68.6 Å². The zero-order valence-corrected chi connectivity index (χ0v) is 21.6. The first-order valence-electron chi connectivity index (χ1n) is 13.5. The molecule has 7 aromatic carbocycles. The van der Waals surface area contributed by atoms with Crippen molar-refractivity contribution in [3.63, 3.8) is 0 Å². The van der Waals surface area contributed by atoms with Crippen molar-refractivity contribution in [3.8, 4) is 22.4 Å². The molecule has 0 atom stereocenters. The Balaban J connectivity index is 1.44. The molecule has 8 rings (SSSR count). The number of nitrogens with zero attached hydrogens (tertiary/aromatic N) is 1. The Hall–Kier alpha value is -5.01. The smallest absolute Gasteiger partial charge is 0.0794 e. The summed E-state index contributed by atoms with van der Waals surface area (Å²) in [6.45, 7) is 2.13. The Bertz CT molecular complexity index is 2220. The van der Waals surface area contributed by atoms with Gasteiger partial charge in [0.15, 0.2) is 0 Å². The Morgan fingerprint density at radius 3 is 1.62 bits per heavy atom. The van der Waals surface area contributed by atoms with Gasteiger partial charge in [0.25, 0.3) is 0 Å². The third kappa shape index (κ3) is 3.44. The molecule has 0 bridgehead atoms. The van der Waals surface area contributed by atoms with E-state index in [1.54, 1.807) is 0 Å². The highest BCUT2D eigenvalue weighted by molar-refractivity contribution is 6.33. The van der Waals surface area contributed by atoms with E-state index in [-0.39, 0.29) is 0 Å². The number of pyridine rings is 1. The van der Waals surface area contributed by atoms with Crippen molar-refractivity contribution in [2.75, 3.05) is 0 Å². The van der Waals surface area contributed by atoms with Gasteiger partial charge in [0.05, 0.1) is 11.2 Å². The first-order valence-corrected chi connectivity index (χ1v) is 13.5. The maximum Gasteiger partial charge on any atom is 0.0794 e. The molecular weight excluding hydrogens is 470 g/mol. The van der Waals surface area contributed by atoms with E-state index < -0.39 is 0 Å². The second-order valence-electron chi connectivity index (χ2n) is 10.5. The average Bonchev–Trinajstić information content (AvgIpc) is 3.00. The third-order valence-corrected chi connectivity index (χ3v) is 8.07. The van der Waals surface area contributed by atoms with Crippen LogP contribution in [0.4, 0.5) is 0 Å². The standard InChI is InChI=1S/C38H25N/c1-24-14-16-25(17-15-24)26-18-19-28-23-29(21-20-27(28)22-26)38-37-33-11-5-3-9-31(33)30-8-2-4-10-32(30)36(37)34-12-6-7-13-35(34)39-38/h2-23H,1H3. The molecule has 0 spiro atoms. The molecule has 0 radical (unpaired) electrons. The van der Waals surface area contributed by atoms with E-state index >= 15 is 0 Å². The molecule has 0 aliphatic heterocycles. The first-order chi connectivity index (χ1) is 19.2. The summed E-state index contributed by atoms with van der Waals surface area (Å²) < 4.78 is 0. The summed E-state index contributed by atoms with van der Waals surface area (Å²) in [6.07, 6.45) is 0. The Kier molecular flexibility index (Phi) is 4.80. The highest BCUT2D eigenvalue weighted by Gasteiger charge is 2.17. The van der Waals surface area contributed by atoms with E-state index in [1.165, 1.54) is 65.2 Å².